The second-order valence-electron chi connectivity index (χ2n) is 7.51. The highest BCUT2D eigenvalue weighted by Crippen LogP contribution is 2.38. The second kappa shape index (κ2) is 8.88. The smallest absolute Gasteiger partial charge is 0.375 e. The molecule has 1 saturated carbocycles. The minimum Gasteiger partial charge on any atom is -0.375 e. The molecule has 168 valence electrons. The van der Waals surface area contributed by atoms with Crippen LogP contribution in [-0.4, -0.2) is 37.5 Å². The lowest BCUT2D eigenvalue weighted by atomic mass is 9.93. The Labute approximate surface area is 178 Å². The zero-order valence-corrected chi connectivity index (χ0v) is 17.3. The van der Waals surface area contributed by atoms with Crippen LogP contribution in [0.5, 0.6) is 0 Å². The number of hydrogen-bond acceptors (Lipinski definition) is 4. The van der Waals surface area contributed by atoms with Crippen LogP contribution in [-0.2, 0) is 15.4 Å². The Morgan fingerprint density at radius 3 is 2.29 bits per heavy atom. The summed E-state index contributed by atoms with van der Waals surface area (Å²) in [5.41, 5.74) is -3.57. The van der Waals surface area contributed by atoms with Crippen LogP contribution < -0.4 is 10.6 Å². The van der Waals surface area contributed by atoms with E-state index in [2.05, 4.69) is 5.32 Å². The van der Waals surface area contributed by atoms with Gasteiger partial charge in [-0.3, -0.25) is 0 Å². The lowest BCUT2D eigenvalue weighted by Crippen LogP contribution is -2.51. The van der Waals surface area contributed by atoms with Crippen LogP contribution in [0.15, 0.2) is 59.5 Å². The van der Waals surface area contributed by atoms with E-state index in [0.717, 1.165) is 25.0 Å². The van der Waals surface area contributed by atoms with Gasteiger partial charge in [-0.2, -0.15) is 13.2 Å². The fourth-order valence-corrected chi connectivity index (χ4v) is 5.50. The highest BCUT2D eigenvalue weighted by atomic mass is 32.2. The van der Waals surface area contributed by atoms with Crippen molar-refractivity contribution in [2.75, 3.05) is 11.9 Å². The monoisotopic (exact) mass is 456 g/mol. The minimum absolute atomic E-state index is 0.0493. The van der Waals surface area contributed by atoms with Gasteiger partial charge in [-0.15, -0.1) is 0 Å². The fourth-order valence-electron chi connectivity index (χ4n) is 3.61. The zero-order chi connectivity index (χ0) is 22.7. The number of carbonyl (C=O) groups excluding carboxylic acids is 1. The molecule has 2 amide bonds. The molecule has 0 bridgehead atoms. The van der Waals surface area contributed by atoms with Crippen LogP contribution in [0.1, 0.15) is 31.2 Å². The summed E-state index contributed by atoms with van der Waals surface area (Å²) in [4.78, 5) is 12.2. The van der Waals surface area contributed by atoms with Crippen LogP contribution in [0.25, 0.3) is 0 Å². The third-order valence-corrected chi connectivity index (χ3v) is 7.65. The molecule has 10 heteroatoms. The number of alkyl halides is 3. The summed E-state index contributed by atoms with van der Waals surface area (Å²) in [5, 5.41) is 14.1. The Morgan fingerprint density at radius 1 is 1.03 bits per heavy atom. The first kappa shape index (κ1) is 23.1. The lowest BCUT2D eigenvalue weighted by molar-refractivity contribution is -0.263. The molecule has 1 aliphatic rings. The van der Waals surface area contributed by atoms with E-state index >= 15 is 0 Å². The predicted molar refractivity (Wildman–Crippen MR) is 109 cm³/mol. The second-order valence-corrected chi connectivity index (χ2v) is 9.74. The molecule has 31 heavy (non-hydrogen) atoms. The molecule has 0 aliphatic heterocycles. The number of urea groups is 1. The molecule has 3 N–H and O–H groups in total. The SMILES string of the molecule is O=C(NCC(O)(c1ccccc1)C(F)(F)F)Nc1cccc(S(=O)(=O)C2CCCC2)c1. The number of benzene rings is 2. The first-order valence-electron chi connectivity index (χ1n) is 9.77. The van der Waals surface area contributed by atoms with E-state index in [4.69, 9.17) is 0 Å². The maximum absolute atomic E-state index is 13.5. The molecule has 2 aromatic carbocycles. The van der Waals surface area contributed by atoms with Crippen LogP contribution in [0.3, 0.4) is 0 Å². The van der Waals surface area contributed by atoms with Gasteiger partial charge < -0.3 is 15.7 Å². The third kappa shape index (κ3) is 5.01. The van der Waals surface area contributed by atoms with Crippen molar-refractivity contribution >= 4 is 21.6 Å². The number of nitrogens with one attached hydrogen (secondary N) is 2. The number of halogens is 3. The topological polar surface area (TPSA) is 95.5 Å². The van der Waals surface area contributed by atoms with E-state index in [-0.39, 0.29) is 10.6 Å². The summed E-state index contributed by atoms with van der Waals surface area (Å²) in [6.07, 6.45) is -2.19. The molecule has 3 rings (SSSR count). The number of hydrogen-bond donors (Lipinski definition) is 3. The van der Waals surface area contributed by atoms with Crippen LogP contribution in [0, 0.1) is 0 Å². The fraction of sp³-hybridized carbons (Fsp3) is 0.381. The Hall–Kier alpha value is -2.59. The van der Waals surface area contributed by atoms with Crippen LogP contribution in [0.4, 0.5) is 23.7 Å². The van der Waals surface area contributed by atoms with Gasteiger partial charge in [0.15, 0.2) is 9.84 Å². The molecular weight excluding hydrogens is 433 g/mol. The van der Waals surface area contributed by atoms with Crippen molar-refractivity contribution in [2.45, 2.75) is 47.6 Å². The average molecular weight is 456 g/mol. The summed E-state index contributed by atoms with van der Waals surface area (Å²) in [6, 6.07) is 11.0. The van der Waals surface area contributed by atoms with Gasteiger partial charge in [0.2, 0.25) is 5.60 Å². The van der Waals surface area contributed by atoms with Gasteiger partial charge in [0.25, 0.3) is 0 Å². The summed E-state index contributed by atoms with van der Waals surface area (Å²) in [6.45, 7) is -1.12. The first-order valence-corrected chi connectivity index (χ1v) is 11.3. The van der Waals surface area contributed by atoms with Gasteiger partial charge in [0, 0.05) is 5.69 Å². The van der Waals surface area contributed by atoms with Crippen LogP contribution >= 0.6 is 0 Å². The zero-order valence-electron chi connectivity index (χ0n) is 16.5. The molecule has 2 aromatic rings. The Morgan fingerprint density at radius 2 is 1.68 bits per heavy atom. The standard InChI is InChI=1S/C21H23F3N2O4S/c22-21(23,24)20(28,15-7-2-1-3-8-15)14-25-19(27)26-16-9-6-12-18(13-16)31(29,30)17-10-4-5-11-17/h1-3,6-9,12-13,17,28H,4-5,10-11,14H2,(H2,25,26,27). The molecule has 1 fully saturated rings. The number of carbonyl (C=O) groups is 1. The van der Waals surface area contributed by atoms with Crippen molar-refractivity contribution in [3.05, 3.63) is 60.2 Å². The third-order valence-electron chi connectivity index (χ3n) is 5.39. The van der Waals surface area contributed by atoms with Gasteiger partial charge >= 0.3 is 12.2 Å². The largest absolute Gasteiger partial charge is 0.423 e. The molecule has 0 heterocycles. The molecule has 1 unspecified atom stereocenters. The number of aliphatic hydroxyl groups is 1. The van der Waals surface area contributed by atoms with E-state index in [9.17, 15) is 31.5 Å². The normalized spacial score (nSPS) is 17.2. The molecule has 6 nitrogen and oxygen atoms in total. The summed E-state index contributed by atoms with van der Waals surface area (Å²) in [7, 11) is -3.55. The van der Waals surface area contributed by atoms with Gasteiger partial charge in [-0.25, -0.2) is 13.2 Å². The summed E-state index contributed by atoms with van der Waals surface area (Å²) < 4.78 is 66.0. The lowest BCUT2D eigenvalue weighted by Gasteiger charge is -2.31. The van der Waals surface area contributed by atoms with Gasteiger partial charge in [0.05, 0.1) is 16.7 Å². The quantitative estimate of drug-likeness (QED) is 0.613. The highest BCUT2D eigenvalue weighted by molar-refractivity contribution is 7.92. The number of sulfone groups is 1. The molecule has 0 saturated heterocycles. The van der Waals surface area contributed by atoms with E-state index in [1.165, 1.54) is 42.5 Å². The summed E-state index contributed by atoms with van der Waals surface area (Å²) >= 11 is 0. The molecule has 1 atom stereocenters. The van der Waals surface area contributed by atoms with Crippen molar-refractivity contribution in [3.63, 3.8) is 0 Å². The molecule has 0 aromatic heterocycles. The van der Waals surface area contributed by atoms with Crippen molar-refractivity contribution in [2.24, 2.45) is 0 Å². The molecule has 0 radical (unpaired) electrons. The number of rotatable bonds is 6. The Kier molecular flexibility index (Phi) is 6.61. The van der Waals surface area contributed by atoms with Crippen molar-refractivity contribution in [3.8, 4) is 0 Å². The first-order chi connectivity index (χ1) is 14.5. The van der Waals surface area contributed by atoms with Crippen molar-refractivity contribution < 1.29 is 31.5 Å². The number of anilines is 1. The maximum atomic E-state index is 13.5. The average Bonchev–Trinajstić information content (AvgIpc) is 3.28. The van der Waals surface area contributed by atoms with Crippen molar-refractivity contribution in [1.82, 2.24) is 5.32 Å². The van der Waals surface area contributed by atoms with Crippen LogP contribution in [0.2, 0.25) is 0 Å². The van der Waals surface area contributed by atoms with Crippen molar-refractivity contribution in [1.29, 1.82) is 0 Å². The maximum Gasteiger partial charge on any atom is 0.423 e. The highest BCUT2D eigenvalue weighted by Gasteiger charge is 2.55. The van der Waals surface area contributed by atoms with E-state index in [0.29, 0.717) is 12.8 Å². The molecular formula is C21H23F3N2O4S. The minimum atomic E-state index is -5.03. The molecule has 0 spiro atoms. The van der Waals surface area contributed by atoms with E-state index < -0.39 is 45.0 Å². The van der Waals surface area contributed by atoms with Gasteiger partial charge in [0.1, 0.15) is 0 Å². The number of amides is 2. The predicted octanol–water partition coefficient (Wildman–Crippen LogP) is 3.97. The van der Waals surface area contributed by atoms with Gasteiger partial charge in [-0.05, 0) is 36.6 Å². The van der Waals surface area contributed by atoms with E-state index in [1.54, 1.807) is 0 Å². The Bertz CT molecular complexity index is 1020. The summed E-state index contributed by atoms with van der Waals surface area (Å²) in [5.74, 6) is 0. The Balaban J connectivity index is 1.71. The molecule has 1 aliphatic carbocycles. The van der Waals surface area contributed by atoms with E-state index in [1.807, 2.05) is 5.32 Å². The van der Waals surface area contributed by atoms with Gasteiger partial charge in [-0.1, -0.05) is 49.2 Å².